The number of hydrogen-bond acceptors (Lipinski definition) is 3. The van der Waals surface area contributed by atoms with E-state index in [1.807, 2.05) is 19.9 Å². The summed E-state index contributed by atoms with van der Waals surface area (Å²) in [4.78, 5) is 4.28. The van der Waals surface area contributed by atoms with E-state index in [2.05, 4.69) is 4.98 Å². The van der Waals surface area contributed by atoms with Crippen LogP contribution in [0.3, 0.4) is 0 Å². The van der Waals surface area contributed by atoms with Crippen LogP contribution in [0.5, 0.6) is 11.6 Å². The van der Waals surface area contributed by atoms with Crippen LogP contribution in [0.15, 0.2) is 36.5 Å². The molecule has 1 heterocycles. The number of halogens is 1. The molecule has 0 aliphatic carbocycles. The van der Waals surface area contributed by atoms with Crippen molar-refractivity contribution < 1.29 is 9.13 Å². The van der Waals surface area contributed by atoms with Crippen molar-refractivity contribution in [1.82, 2.24) is 4.98 Å². The Hall–Kier alpha value is -1.94. The van der Waals surface area contributed by atoms with E-state index in [0.717, 1.165) is 17.5 Å². The van der Waals surface area contributed by atoms with Crippen LogP contribution < -0.4 is 10.5 Å². The minimum absolute atomic E-state index is 0.102. The van der Waals surface area contributed by atoms with Gasteiger partial charge in [-0.25, -0.2) is 9.37 Å². The quantitative estimate of drug-likeness (QED) is 0.918. The maximum atomic E-state index is 12.8. The highest BCUT2D eigenvalue weighted by Gasteiger charge is 2.06. The smallest absolute Gasteiger partial charge is 0.222 e. The first-order chi connectivity index (χ1) is 9.04. The first-order valence-corrected chi connectivity index (χ1v) is 6.19. The zero-order valence-corrected chi connectivity index (χ0v) is 11.1. The molecule has 1 unspecified atom stereocenters. The maximum absolute atomic E-state index is 12.8. The van der Waals surface area contributed by atoms with Crippen LogP contribution >= 0.6 is 0 Å². The van der Waals surface area contributed by atoms with E-state index in [9.17, 15) is 4.39 Å². The summed E-state index contributed by atoms with van der Waals surface area (Å²) < 4.78 is 18.4. The van der Waals surface area contributed by atoms with Crippen molar-refractivity contribution in [3.05, 3.63) is 53.5 Å². The molecule has 0 amide bonds. The number of hydrogen-bond donors (Lipinski definition) is 1. The van der Waals surface area contributed by atoms with Crippen LogP contribution in [0.1, 0.15) is 18.1 Å². The third kappa shape index (κ3) is 3.76. The first kappa shape index (κ1) is 13.5. The van der Waals surface area contributed by atoms with Crippen molar-refractivity contribution >= 4 is 0 Å². The van der Waals surface area contributed by atoms with Crippen LogP contribution in [0.4, 0.5) is 4.39 Å². The second kappa shape index (κ2) is 5.80. The van der Waals surface area contributed by atoms with E-state index in [1.165, 1.54) is 12.1 Å². The van der Waals surface area contributed by atoms with Crippen LogP contribution in [0.25, 0.3) is 0 Å². The number of aromatic nitrogens is 1. The van der Waals surface area contributed by atoms with Gasteiger partial charge in [-0.3, -0.25) is 0 Å². The fourth-order valence-corrected chi connectivity index (χ4v) is 1.82. The van der Waals surface area contributed by atoms with Gasteiger partial charge in [0.15, 0.2) is 0 Å². The number of nitrogens with two attached hydrogens (primary N) is 1. The Bertz CT molecular complexity index is 553. The highest BCUT2D eigenvalue weighted by Crippen LogP contribution is 2.23. The molecule has 100 valence electrons. The largest absolute Gasteiger partial charge is 0.439 e. The number of rotatable bonds is 4. The first-order valence-electron chi connectivity index (χ1n) is 6.19. The van der Waals surface area contributed by atoms with Crippen molar-refractivity contribution in [1.29, 1.82) is 0 Å². The highest BCUT2D eigenvalue weighted by molar-refractivity contribution is 5.33. The van der Waals surface area contributed by atoms with Crippen LogP contribution in [-0.4, -0.2) is 11.0 Å². The van der Waals surface area contributed by atoms with E-state index < -0.39 is 0 Å². The SMILES string of the molecule is Cc1cc(CC(C)N)cnc1Oc1ccc(F)cc1. The molecule has 4 heteroatoms. The molecule has 0 spiro atoms. The van der Waals surface area contributed by atoms with Crippen molar-refractivity contribution in [3.8, 4) is 11.6 Å². The Balaban J connectivity index is 2.15. The van der Waals surface area contributed by atoms with Gasteiger partial charge in [-0.05, 0) is 56.2 Å². The van der Waals surface area contributed by atoms with E-state index in [-0.39, 0.29) is 11.9 Å². The Morgan fingerprint density at radius 1 is 1.32 bits per heavy atom. The molecule has 0 aliphatic rings. The standard InChI is InChI=1S/C15H17FN2O/c1-10-7-12(8-11(2)17)9-18-15(10)19-14-5-3-13(16)4-6-14/h3-7,9,11H,8,17H2,1-2H3. The highest BCUT2D eigenvalue weighted by atomic mass is 19.1. The normalized spacial score (nSPS) is 12.2. The summed E-state index contributed by atoms with van der Waals surface area (Å²) in [6, 6.07) is 7.98. The van der Waals surface area contributed by atoms with E-state index in [4.69, 9.17) is 10.5 Å². The van der Waals surface area contributed by atoms with Gasteiger partial charge in [0, 0.05) is 17.8 Å². The predicted octanol–water partition coefficient (Wildman–Crippen LogP) is 3.21. The Kier molecular flexibility index (Phi) is 4.12. The lowest BCUT2D eigenvalue weighted by atomic mass is 10.1. The minimum Gasteiger partial charge on any atom is -0.439 e. The summed E-state index contributed by atoms with van der Waals surface area (Å²) in [6.45, 7) is 3.88. The Morgan fingerprint density at radius 2 is 2.00 bits per heavy atom. The Labute approximate surface area is 112 Å². The monoisotopic (exact) mass is 260 g/mol. The van der Waals surface area contributed by atoms with Gasteiger partial charge in [0.25, 0.3) is 0 Å². The second-order valence-corrected chi connectivity index (χ2v) is 4.70. The molecule has 1 atom stereocenters. The number of benzene rings is 1. The number of nitrogens with zero attached hydrogens (tertiary/aromatic N) is 1. The van der Waals surface area contributed by atoms with E-state index in [0.29, 0.717) is 11.6 Å². The summed E-state index contributed by atoms with van der Waals surface area (Å²) >= 11 is 0. The van der Waals surface area contributed by atoms with E-state index in [1.54, 1.807) is 18.3 Å². The third-order valence-corrected chi connectivity index (χ3v) is 2.67. The molecule has 2 N–H and O–H groups in total. The molecular formula is C15H17FN2O. The zero-order chi connectivity index (χ0) is 13.8. The van der Waals surface area contributed by atoms with Crippen molar-refractivity contribution in [2.45, 2.75) is 26.3 Å². The van der Waals surface area contributed by atoms with Crippen molar-refractivity contribution in [2.24, 2.45) is 5.73 Å². The summed E-state index contributed by atoms with van der Waals surface area (Å²) in [5, 5.41) is 0. The molecule has 0 aliphatic heterocycles. The van der Waals surface area contributed by atoms with E-state index >= 15 is 0 Å². The minimum atomic E-state index is -0.288. The van der Waals surface area contributed by atoms with Gasteiger partial charge in [0.05, 0.1) is 0 Å². The predicted molar refractivity (Wildman–Crippen MR) is 72.8 cm³/mol. The molecule has 0 fully saturated rings. The molecule has 3 nitrogen and oxygen atoms in total. The van der Waals surface area contributed by atoms with Crippen molar-refractivity contribution in [2.75, 3.05) is 0 Å². The fourth-order valence-electron chi connectivity index (χ4n) is 1.82. The molecule has 19 heavy (non-hydrogen) atoms. The molecule has 0 radical (unpaired) electrons. The number of aryl methyl sites for hydroxylation is 1. The topological polar surface area (TPSA) is 48.1 Å². The molecular weight excluding hydrogens is 243 g/mol. The van der Waals surface area contributed by atoms with Gasteiger partial charge in [-0.1, -0.05) is 0 Å². The zero-order valence-electron chi connectivity index (χ0n) is 11.1. The van der Waals surface area contributed by atoms with Gasteiger partial charge in [-0.2, -0.15) is 0 Å². The van der Waals surface area contributed by atoms with Crippen LogP contribution in [0.2, 0.25) is 0 Å². The molecule has 1 aromatic carbocycles. The molecule has 2 rings (SSSR count). The van der Waals surface area contributed by atoms with Crippen LogP contribution in [0, 0.1) is 12.7 Å². The van der Waals surface area contributed by atoms with Gasteiger partial charge in [0.1, 0.15) is 11.6 Å². The van der Waals surface area contributed by atoms with Crippen molar-refractivity contribution in [3.63, 3.8) is 0 Å². The van der Waals surface area contributed by atoms with Gasteiger partial charge < -0.3 is 10.5 Å². The fraction of sp³-hybridized carbons (Fsp3) is 0.267. The van der Waals surface area contributed by atoms with Gasteiger partial charge >= 0.3 is 0 Å². The lowest BCUT2D eigenvalue weighted by molar-refractivity contribution is 0.456. The van der Waals surface area contributed by atoms with Crippen LogP contribution in [-0.2, 0) is 6.42 Å². The third-order valence-electron chi connectivity index (χ3n) is 2.67. The average Bonchev–Trinajstić information content (AvgIpc) is 2.34. The summed E-state index contributed by atoms with van der Waals surface area (Å²) in [5.74, 6) is 0.807. The number of pyridine rings is 1. The number of ether oxygens (including phenoxy) is 1. The average molecular weight is 260 g/mol. The Morgan fingerprint density at radius 3 is 2.58 bits per heavy atom. The van der Waals surface area contributed by atoms with Gasteiger partial charge in [0.2, 0.25) is 5.88 Å². The molecule has 1 aromatic heterocycles. The summed E-state index contributed by atoms with van der Waals surface area (Å²) in [7, 11) is 0. The molecule has 0 bridgehead atoms. The summed E-state index contributed by atoms with van der Waals surface area (Å²) in [6.07, 6.45) is 2.54. The lowest BCUT2D eigenvalue weighted by Gasteiger charge is -2.10. The molecule has 2 aromatic rings. The van der Waals surface area contributed by atoms with Gasteiger partial charge in [-0.15, -0.1) is 0 Å². The lowest BCUT2D eigenvalue weighted by Crippen LogP contribution is -2.17. The molecule has 0 saturated heterocycles. The second-order valence-electron chi connectivity index (χ2n) is 4.70. The summed E-state index contributed by atoms with van der Waals surface area (Å²) in [5.41, 5.74) is 7.77. The molecule has 0 saturated carbocycles. The maximum Gasteiger partial charge on any atom is 0.222 e.